The molecule has 10 heteroatoms. The van der Waals surface area contributed by atoms with Gasteiger partial charge in [-0.3, -0.25) is 10.1 Å². The molecule has 0 saturated heterocycles. The lowest BCUT2D eigenvalue weighted by atomic mass is 10.2. The van der Waals surface area contributed by atoms with Crippen LogP contribution in [0.2, 0.25) is 0 Å². The molecule has 1 rings (SSSR count). The number of nitro groups is 1. The smallest absolute Gasteiger partial charge is 0.381 e. The molecule has 6 nitrogen and oxygen atoms in total. The summed E-state index contributed by atoms with van der Waals surface area (Å²) in [5.41, 5.74) is 4.27. The second kappa shape index (κ2) is 5.00. The van der Waals surface area contributed by atoms with Crippen LogP contribution in [0.4, 0.5) is 18.9 Å². The van der Waals surface area contributed by atoms with Gasteiger partial charge in [0, 0.05) is 6.54 Å². The Morgan fingerprint density at radius 2 is 2.18 bits per heavy atom. The lowest BCUT2D eigenvalue weighted by Gasteiger charge is -2.10. The van der Waals surface area contributed by atoms with Gasteiger partial charge in [0.15, 0.2) is 0 Å². The van der Waals surface area contributed by atoms with E-state index in [9.17, 15) is 23.3 Å². The lowest BCUT2D eigenvalue weighted by Crippen LogP contribution is -2.20. The second-order valence-corrected chi connectivity index (χ2v) is 3.87. The number of nitrogens with zero attached hydrogens (tertiary/aromatic N) is 2. The van der Waals surface area contributed by atoms with Crippen molar-refractivity contribution in [2.45, 2.75) is 12.9 Å². The van der Waals surface area contributed by atoms with Gasteiger partial charge in [-0.05, 0) is 28.7 Å². The van der Waals surface area contributed by atoms with Gasteiger partial charge in [-0.25, -0.2) is 4.98 Å². The van der Waals surface area contributed by atoms with Crippen LogP contribution in [0, 0.1) is 13.8 Å². The number of ether oxygens (including phenoxy) is 1. The summed E-state index contributed by atoms with van der Waals surface area (Å²) < 4.78 is 39.7. The summed E-state index contributed by atoms with van der Waals surface area (Å²) in [6.45, 7) is -0.289. The van der Waals surface area contributed by atoms with E-state index in [1.165, 1.54) is 6.07 Å². The average Bonchev–Trinajstić information content (AvgIpc) is 2.12. The molecule has 0 aromatic carbocycles. The summed E-state index contributed by atoms with van der Waals surface area (Å²) in [4.78, 5) is 13.0. The average molecular weight is 363 g/mol. The quantitative estimate of drug-likeness (QED) is 0.384. The molecule has 94 valence electrons. The minimum absolute atomic E-state index is 0.0753. The number of nitrogens with two attached hydrogens (primary N) is 1. The van der Waals surface area contributed by atoms with Gasteiger partial charge < -0.3 is 10.5 Å². The second-order valence-electron chi connectivity index (χ2n) is 2.77. The van der Waals surface area contributed by atoms with Crippen LogP contribution in [0.1, 0.15) is 5.56 Å². The molecule has 17 heavy (non-hydrogen) atoms. The molecule has 0 amide bonds. The highest BCUT2D eigenvalue weighted by Gasteiger charge is 2.36. The summed E-state index contributed by atoms with van der Waals surface area (Å²) in [6, 6.07) is 1.22. The Bertz CT molecular complexity index is 452. The van der Waals surface area contributed by atoms with Gasteiger partial charge in [0.1, 0.15) is 3.70 Å². The van der Waals surface area contributed by atoms with E-state index in [-0.39, 0.29) is 15.8 Å². The highest BCUT2D eigenvalue weighted by molar-refractivity contribution is 14.1. The van der Waals surface area contributed by atoms with Crippen LogP contribution in [-0.4, -0.2) is 16.3 Å². The molecule has 0 aliphatic carbocycles. The molecule has 1 heterocycles. The Hall–Kier alpha value is -1.17. The number of hydrogen-bond acceptors (Lipinski definition) is 5. The fourth-order valence-corrected chi connectivity index (χ4v) is 1.66. The summed E-state index contributed by atoms with van der Waals surface area (Å²) in [5.74, 6) is -1.10. The summed E-state index contributed by atoms with van der Waals surface area (Å²) in [7, 11) is 0. The zero-order valence-electron chi connectivity index (χ0n) is 7.99. The third-order valence-electron chi connectivity index (χ3n) is 1.62. The topological polar surface area (TPSA) is 91.3 Å². The zero-order valence-corrected chi connectivity index (χ0v) is 10.2. The van der Waals surface area contributed by atoms with Gasteiger partial charge in [0.2, 0.25) is 0 Å². The van der Waals surface area contributed by atoms with Crippen molar-refractivity contribution in [2.75, 3.05) is 0 Å². The molecule has 0 spiro atoms. The van der Waals surface area contributed by atoms with Crippen LogP contribution in [-0.2, 0) is 6.54 Å². The maximum absolute atomic E-state index is 12.0. The van der Waals surface area contributed by atoms with Gasteiger partial charge in [0.25, 0.3) is 0 Å². The largest absolute Gasteiger partial charge is 0.574 e. The van der Waals surface area contributed by atoms with Gasteiger partial charge in [-0.15, -0.1) is 13.2 Å². The molecule has 0 fully saturated rings. The first-order valence-corrected chi connectivity index (χ1v) is 5.12. The summed E-state index contributed by atoms with van der Waals surface area (Å²) in [5, 5.41) is 10.7. The van der Waals surface area contributed by atoms with Crippen molar-refractivity contribution in [2.24, 2.45) is 5.73 Å². The SMILES string of the molecule is NCc1cc(I)nc(OC(F)(F)F)c1[N+](=O)[O-]. The molecule has 0 bridgehead atoms. The van der Waals surface area contributed by atoms with Gasteiger partial charge in [0.05, 0.1) is 10.5 Å². The van der Waals surface area contributed by atoms with E-state index in [1.54, 1.807) is 22.6 Å². The fourth-order valence-electron chi connectivity index (χ4n) is 1.06. The third kappa shape index (κ3) is 3.66. The Labute approximate surface area is 106 Å². The van der Waals surface area contributed by atoms with E-state index >= 15 is 0 Å². The van der Waals surface area contributed by atoms with Gasteiger partial charge in [-0.1, -0.05) is 0 Å². The summed E-state index contributed by atoms with van der Waals surface area (Å²) >= 11 is 1.61. The standard InChI is InChI=1S/C7H5F3IN3O3/c8-7(9,10)17-6-5(14(15)16)3(2-12)1-4(11)13-6/h1H,2,12H2. The minimum Gasteiger partial charge on any atom is -0.381 e. The van der Waals surface area contributed by atoms with E-state index < -0.39 is 22.9 Å². The number of pyridine rings is 1. The van der Waals surface area contributed by atoms with Gasteiger partial charge >= 0.3 is 17.9 Å². The first-order valence-electron chi connectivity index (χ1n) is 4.04. The third-order valence-corrected chi connectivity index (χ3v) is 2.18. The van der Waals surface area contributed by atoms with Crippen molar-refractivity contribution in [1.29, 1.82) is 0 Å². The van der Waals surface area contributed by atoms with Crippen LogP contribution in [0.25, 0.3) is 0 Å². The zero-order chi connectivity index (χ0) is 13.2. The molecule has 0 aliphatic heterocycles. The van der Waals surface area contributed by atoms with E-state index in [1.807, 2.05) is 0 Å². The molecule has 0 atom stereocenters. The van der Waals surface area contributed by atoms with Crippen LogP contribution in [0.15, 0.2) is 6.07 Å². The van der Waals surface area contributed by atoms with Crippen LogP contribution in [0.5, 0.6) is 5.88 Å². The molecule has 0 radical (unpaired) electrons. The number of hydrogen-bond donors (Lipinski definition) is 1. The first-order chi connectivity index (χ1) is 7.74. The van der Waals surface area contributed by atoms with E-state index in [2.05, 4.69) is 9.72 Å². The molecular weight excluding hydrogens is 358 g/mol. The van der Waals surface area contributed by atoms with Crippen molar-refractivity contribution < 1.29 is 22.8 Å². The predicted molar refractivity (Wildman–Crippen MR) is 58.2 cm³/mol. The van der Waals surface area contributed by atoms with Crippen molar-refractivity contribution in [3.8, 4) is 5.88 Å². The molecule has 0 aliphatic rings. The molecule has 2 N–H and O–H groups in total. The van der Waals surface area contributed by atoms with Crippen molar-refractivity contribution in [1.82, 2.24) is 4.98 Å². The molecule has 0 unspecified atom stereocenters. The van der Waals surface area contributed by atoms with Crippen molar-refractivity contribution in [3.05, 3.63) is 25.4 Å². The minimum atomic E-state index is -5.05. The van der Waals surface area contributed by atoms with Crippen LogP contribution >= 0.6 is 22.6 Å². The fraction of sp³-hybridized carbons (Fsp3) is 0.286. The molecule has 0 saturated carbocycles. The van der Waals surface area contributed by atoms with E-state index in [0.29, 0.717) is 0 Å². The first kappa shape index (κ1) is 13.9. The lowest BCUT2D eigenvalue weighted by molar-refractivity contribution is -0.390. The van der Waals surface area contributed by atoms with Gasteiger partial charge in [-0.2, -0.15) is 0 Å². The predicted octanol–water partition coefficient (Wildman–Crippen LogP) is 1.95. The number of aromatic nitrogens is 1. The monoisotopic (exact) mass is 363 g/mol. The van der Waals surface area contributed by atoms with Crippen LogP contribution < -0.4 is 10.5 Å². The van der Waals surface area contributed by atoms with E-state index in [4.69, 9.17) is 5.73 Å². The number of halogens is 4. The highest BCUT2D eigenvalue weighted by atomic mass is 127. The Morgan fingerprint density at radius 1 is 1.59 bits per heavy atom. The maximum atomic E-state index is 12.0. The Kier molecular flexibility index (Phi) is 4.08. The number of alkyl halides is 3. The Morgan fingerprint density at radius 3 is 2.59 bits per heavy atom. The molecular formula is C7H5F3IN3O3. The summed E-state index contributed by atoms with van der Waals surface area (Å²) in [6.07, 6.45) is -5.05. The normalized spacial score (nSPS) is 11.4. The van der Waals surface area contributed by atoms with E-state index in [0.717, 1.165) is 0 Å². The van der Waals surface area contributed by atoms with Crippen molar-refractivity contribution in [3.63, 3.8) is 0 Å². The molecule has 1 aromatic heterocycles. The van der Waals surface area contributed by atoms with Crippen molar-refractivity contribution >= 4 is 28.3 Å². The maximum Gasteiger partial charge on any atom is 0.574 e. The molecule has 1 aromatic rings. The number of rotatable bonds is 3. The van der Waals surface area contributed by atoms with Crippen LogP contribution in [0.3, 0.4) is 0 Å². The Balaban J connectivity index is 3.35. The highest BCUT2D eigenvalue weighted by Crippen LogP contribution is 2.33.